The molecule has 2 aliphatic heterocycles. The minimum absolute atomic E-state index is 0.102. The molecule has 2 N–H and O–H groups in total. The summed E-state index contributed by atoms with van der Waals surface area (Å²) < 4.78 is 23.2. The van der Waals surface area contributed by atoms with Crippen molar-refractivity contribution in [2.24, 2.45) is 10.7 Å². The van der Waals surface area contributed by atoms with E-state index >= 15 is 0 Å². The van der Waals surface area contributed by atoms with Crippen molar-refractivity contribution in [1.82, 2.24) is 4.90 Å². The third kappa shape index (κ3) is 2.62. The maximum atomic E-state index is 11.6. The molecule has 0 spiro atoms. The van der Waals surface area contributed by atoms with Gasteiger partial charge in [-0.25, -0.2) is 13.4 Å². The molecule has 0 bridgehead atoms. The Kier molecular flexibility index (Phi) is 3.30. The molecule has 16 heavy (non-hydrogen) atoms. The fourth-order valence-electron chi connectivity index (χ4n) is 2.07. The first-order valence-corrected chi connectivity index (χ1v) is 7.15. The van der Waals surface area contributed by atoms with Crippen molar-refractivity contribution < 1.29 is 8.42 Å². The van der Waals surface area contributed by atoms with Crippen LogP contribution in [0.3, 0.4) is 0 Å². The molecule has 1 saturated heterocycles. The lowest BCUT2D eigenvalue weighted by atomic mass is 10.2. The normalized spacial score (nSPS) is 26.0. The minimum Gasteiger partial charge on any atom is -0.383 e. The second kappa shape index (κ2) is 4.55. The highest BCUT2D eigenvalue weighted by atomic mass is 32.2. The SMILES string of the molecule is NC1=CS(=O)(=O)C(CN2CCCCCC2)=N1. The molecule has 0 amide bonds. The number of rotatable bonds is 2. The van der Waals surface area contributed by atoms with E-state index in [1.165, 1.54) is 12.8 Å². The second-order valence-corrected chi connectivity index (χ2v) is 6.08. The van der Waals surface area contributed by atoms with Gasteiger partial charge in [0.25, 0.3) is 0 Å². The van der Waals surface area contributed by atoms with Gasteiger partial charge in [0, 0.05) is 0 Å². The lowest BCUT2D eigenvalue weighted by Crippen LogP contribution is -2.32. The maximum Gasteiger partial charge on any atom is 0.218 e. The fraction of sp³-hybridized carbons (Fsp3) is 0.700. The highest BCUT2D eigenvalue weighted by Gasteiger charge is 2.25. The first-order valence-electron chi connectivity index (χ1n) is 5.60. The molecule has 90 valence electrons. The van der Waals surface area contributed by atoms with Crippen molar-refractivity contribution in [3.8, 4) is 0 Å². The van der Waals surface area contributed by atoms with Crippen molar-refractivity contribution in [2.75, 3.05) is 19.6 Å². The van der Waals surface area contributed by atoms with Crippen LogP contribution in [0.1, 0.15) is 25.7 Å². The van der Waals surface area contributed by atoms with Gasteiger partial charge in [0.1, 0.15) is 5.82 Å². The van der Waals surface area contributed by atoms with E-state index in [0.717, 1.165) is 31.3 Å². The Morgan fingerprint density at radius 3 is 2.38 bits per heavy atom. The van der Waals surface area contributed by atoms with E-state index in [4.69, 9.17) is 5.73 Å². The van der Waals surface area contributed by atoms with Gasteiger partial charge >= 0.3 is 0 Å². The van der Waals surface area contributed by atoms with Crippen LogP contribution < -0.4 is 5.73 Å². The summed E-state index contributed by atoms with van der Waals surface area (Å²) in [5.41, 5.74) is 5.41. The van der Waals surface area contributed by atoms with Gasteiger partial charge in [-0.2, -0.15) is 0 Å². The Morgan fingerprint density at radius 1 is 1.25 bits per heavy atom. The maximum absolute atomic E-state index is 11.6. The van der Waals surface area contributed by atoms with Crippen molar-refractivity contribution in [3.05, 3.63) is 11.2 Å². The van der Waals surface area contributed by atoms with Crippen LogP contribution >= 0.6 is 0 Å². The highest BCUT2D eigenvalue weighted by Crippen LogP contribution is 2.14. The van der Waals surface area contributed by atoms with E-state index < -0.39 is 9.84 Å². The van der Waals surface area contributed by atoms with E-state index in [2.05, 4.69) is 9.89 Å². The Balaban J connectivity index is 2.03. The zero-order valence-corrected chi connectivity index (χ0v) is 10.0. The van der Waals surface area contributed by atoms with Crippen LogP contribution in [0.25, 0.3) is 0 Å². The van der Waals surface area contributed by atoms with Gasteiger partial charge in [-0.15, -0.1) is 0 Å². The average Bonchev–Trinajstić information content (AvgIpc) is 2.43. The summed E-state index contributed by atoms with van der Waals surface area (Å²) in [6, 6.07) is 0. The van der Waals surface area contributed by atoms with Gasteiger partial charge in [-0.3, -0.25) is 4.90 Å². The van der Waals surface area contributed by atoms with Crippen LogP contribution in [-0.2, 0) is 9.84 Å². The zero-order valence-electron chi connectivity index (χ0n) is 9.22. The number of sulfone groups is 1. The van der Waals surface area contributed by atoms with Crippen molar-refractivity contribution in [2.45, 2.75) is 25.7 Å². The van der Waals surface area contributed by atoms with Gasteiger partial charge in [-0.1, -0.05) is 12.8 Å². The van der Waals surface area contributed by atoms with Crippen LogP contribution in [0, 0.1) is 0 Å². The van der Waals surface area contributed by atoms with Crippen LogP contribution in [0.2, 0.25) is 0 Å². The number of likely N-dealkylation sites (tertiary alicyclic amines) is 1. The predicted octanol–water partition coefficient (Wildman–Crippen LogP) is 0.447. The molecule has 2 heterocycles. The molecular weight excluding hydrogens is 226 g/mol. The first-order chi connectivity index (χ1) is 7.58. The number of aliphatic imine (C=N–C) groups is 1. The molecule has 2 aliphatic rings. The van der Waals surface area contributed by atoms with Crippen LogP contribution in [0.15, 0.2) is 16.2 Å². The third-order valence-electron chi connectivity index (χ3n) is 2.92. The summed E-state index contributed by atoms with van der Waals surface area (Å²) in [7, 11) is -3.33. The van der Waals surface area contributed by atoms with Crippen molar-refractivity contribution in [1.29, 1.82) is 0 Å². The Morgan fingerprint density at radius 2 is 1.88 bits per heavy atom. The van der Waals surface area contributed by atoms with E-state index in [-0.39, 0.29) is 10.9 Å². The topological polar surface area (TPSA) is 75.8 Å². The monoisotopic (exact) mass is 243 g/mol. The number of hydrogen-bond donors (Lipinski definition) is 1. The van der Waals surface area contributed by atoms with Gasteiger partial charge in [0.05, 0.1) is 12.0 Å². The van der Waals surface area contributed by atoms with E-state index in [1.807, 2.05) is 0 Å². The molecule has 2 rings (SSSR count). The summed E-state index contributed by atoms with van der Waals surface area (Å²) in [5.74, 6) is 0.102. The Labute approximate surface area is 95.9 Å². The Bertz CT molecular complexity index is 417. The molecule has 0 atom stereocenters. The predicted molar refractivity (Wildman–Crippen MR) is 63.5 cm³/mol. The van der Waals surface area contributed by atoms with E-state index in [9.17, 15) is 8.42 Å². The summed E-state index contributed by atoms with van der Waals surface area (Å²) in [5, 5.41) is 1.24. The quantitative estimate of drug-likeness (QED) is 0.764. The van der Waals surface area contributed by atoms with Crippen molar-refractivity contribution in [3.63, 3.8) is 0 Å². The van der Waals surface area contributed by atoms with Gasteiger partial charge in [-0.05, 0) is 25.9 Å². The number of hydrogen-bond acceptors (Lipinski definition) is 5. The lowest BCUT2D eigenvalue weighted by Gasteiger charge is -2.18. The molecule has 0 radical (unpaired) electrons. The number of nitrogens with two attached hydrogens (primary N) is 1. The third-order valence-corrected chi connectivity index (χ3v) is 4.34. The molecule has 0 aromatic carbocycles. The van der Waals surface area contributed by atoms with Crippen LogP contribution in [-0.4, -0.2) is 38.0 Å². The summed E-state index contributed by atoms with van der Waals surface area (Å²) in [6.07, 6.45) is 4.73. The molecule has 0 unspecified atom stereocenters. The summed E-state index contributed by atoms with van der Waals surface area (Å²) in [6.45, 7) is 2.31. The summed E-state index contributed by atoms with van der Waals surface area (Å²) in [4.78, 5) is 6.04. The van der Waals surface area contributed by atoms with E-state index in [0.29, 0.717) is 6.54 Å². The Hall–Kier alpha value is -0.880. The molecular formula is C10H17N3O2S. The highest BCUT2D eigenvalue weighted by molar-refractivity contribution is 8.09. The molecule has 0 aliphatic carbocycles. The van der Waals surface area contributed by atoms with Crippen molar-refractivity contribution >= 4 is 14.9 Å². The van der Waals surface area contributed by atoms with Gasteiger partial charge in [0.2, 0.25) is 9.84 Å². The van der Waals surface area contributed by atoms with Gasteiger partial charge in [0.15, 0.2) is 5.04 Å². The summed E-state index contributed by atoms with van der Waals surface area (Å²) >= 11 is 0. The molecule has 5 nitrogen and oxygen atoms in total. The van der Waals surface area contributed by atoms with E-state index in [1.54, 1.807) is 0 Å². The molecule has 0 aromatic rings. The molecule has 1 fully saturated rings. The average molecular weight is 243 g/mol. The van der Waals surface area contributed by atoms with Crippen LogP contribution in [0.4, 0.5) is 0 Å². The molecule has 0 aromatic heterocycles. The largest absolute Gasteiger partial charge is 0.383 e. The van der Waals surface area contributed by atoms with Gasteiger partial charge < -0.3 is 5.73 Å². The minimum atomic E-state index is -3.33. The fourth-order valence-corrected chi connectivity index (χ4v) is 3.17. The number of nitrogens with zero attached hydrogens (tertiary/aromatic N) is 2. The lowest BCUT2D eigenvalue weighted by molar-refractivity contribution is 0.326. The molecule has 0 saturated carbocycles. The molecule has 6 heteroatoms. The smallest absolute Gasteiger partial charge is 0.218 e. The second-order valence-electron chi connectivity index (χ2n) is 4.28. The first kappa shape index (κ1) is 11.6. The van der Waals surface area contributed by atoms with Crippen LogP contribution in [0.5, 0.6) is 0 Å². The zero-order chi connectivity index (χ0) is 11.6. The standard InChI is InChI=1S/C10H17N3O2S/c11-9-8-16(14,15)10(12-9)7-13-5-3-1-2-4-6-13/h8H,1-7,11H2.